The Morgan fingerprint density at radius 3 is 2.50 bits per heavy atom. The predicted molar refractivity (Wildman–Crippen MR) is 128 cm³/mol. The maximum Gasteiger partial charge on any atom is 0.0250 e. The van der Waals surface area contributed by atoms with Crippen LogP contribution in [-0.4, -0.2) is 42.6 Å². The second kappa shape index (κ2) is 12.4. The van der Waals surface area contributed by atoms with Crippen LogP contribution in [-0.2, 0) is 5.41 Å². The van der Waals surface area contributed by atoms with Crippen LogP contribution in [0.25, 0.3) is 6.08 Å². The SMILES string of the molecule is C=CNC(CC)CC.CSCCCCN1CCC2(C=Cc3ccccc32)CC1. The monoisotopic (exact) mass is 400 g/mol. The van der Waals surface area contributed by atoms with Gasteiger partial charge >= 0.3 is 0 Å². The zero-order valence-electron chi connectivity index (χ0n) is 18.3. The van der Waals surface area contributed by atoms with Crippen molar-refractivity contribution in [2.24, 2.45) is 0 Å². The number of unbranched alkanes of at least 4 members (excludes halogenated alkanes) is 1. The van der Waals surface area contributed by atoms with Crippen molar-refractivity contribution in [2.75, 3.05) is 31.6 Å². The van der Waals surface area contributed by atoms with Crippen molar-refractivity contribution < 1.29 is 0 Å². The van der Waals surface area contributed by atoms with Crippen molar-refractivity contribution in [3.63, 3.8) is 0 Å². The summed E-state index contributed by atoms with van der Waals surface area (Å²) in [5.41, 5.74) is 3.37. The molecule has 0 atom stereocenters. The number of fused-ring (bicyclic) bond motifs is 2. The van der Waals surface area contributed by atoms with Gasteiger partial charge in [-0.25, -0.2) is 0 Å². The molecule has 1 aliphatic heterocycles. The molecule has 0 aromatic heterocycles. The van der Waals surface area contributed by atoms with Crippen molar-refractivity contribution in [2.45, 2.75) is 63.8 Å². The Balaban J connectivity index is 0.000000300. The number of piperidine rings is 1. The summed E-state index contributed by atoms with van der Waals surface area (Å²) >= 11 is 1.97. The van der Waals surface area contributed by atoms with Gasteiger partial charge in [-0.2, -0.15) is 11.8 Å². The van der Waals surface area contributed by atoms with E-state index in [1.54, 1.807) is 11.8 Å². The van der Waals surface area contributed by atoms with Gasteiger partial charge in [0.2, 0.25) is 0 Å². The second-order valence-corrected chi connectivity index (χ2v) is 8.99. The first-order valence-electron chi connectivity index (χ1n) is 11.1. The van der Waals surface area contributed by atoms with E-state index in [0.29, 0.717) is 11.5 Å². The molecule has 28 heavy (non-hydrogen) atoms. The molecule has 2 aliphatic rings. The van der Waals surface area contributed by atoms with Crippen molar-refractivity contribution in [3.8, 4) is 0 Å². The third-order valence-corrected chi connectivity index (χ3v) is 6.94. The molecule has 0 saturated carbocycles. The Morgan fingerprint density at radius 2 is 1.89 bits per heavy atom. The molecule has 0 unspecified atom stereocenters. The Morgan fingerprint density at radius 1 is 1.18 bits per heavy atom. The Kier molecular flexibility index (Phi) is 10.2. The highest BCUT2D eigenvalue weighted by atomic mass is 32.2. The van der Waals surface area contributed by atoms with Gasteiger partial charge in [0, 0.05) is 11.5 Å². The molecule has 0 radical (unpaired) electrons. The number of hydrogen-bond donors (Lipinski definition) is 1. The topological polar surface area (TPSA) is 15.3 Å². The van der Waals surface area contributed by atoms with Crippen LogP contribution in [0.1, 0.15) is 63.5 Å². The van der Waals surface area contributed by atoms with E-state index in [4.69, 9.17) is 0 Å². The van der Waals surface area contributed by atoms with Gasteiger partial charge in [0.25, 0.3) is 0 Å². The van der Waals surface area contributed by atoms with E-state index >= 15 is 0 Å². The first-order chi connectivity index (χ1) is 13.7. The summed E-state index contributed by atoms with van der Waals surface area (Å²) in [5, 5.41) is 3.15. The van der Waals surface area contributed by atoms with E-state index in [-0.39, 0.29) is 0 Å². The van der Waals surface area contributed by atoms with E-state index in [1.165, 1.54) is 69.5 Å². The van der Waals surface area contributed by atoms with E-state index in [1.807, 2.05) is 11.8 Å². The zero-order valence-corrected chi connectivity index (χ0v) is 19.1. The van der Waals surface area contributed by atoms with Crippen LogP contribution in [0, 0.1) is 0 Å². The molecular weight excluding hydrogens is 360 g/mol. The summed E-state index contributed by atoms with van der Waals surface area (Å²) in [5.74, 6) is 1.31. The first-order valence-corrected chi connectivity index (χ1v) is 12.5. The fourth-order valence-electron chi connectivity index (χ4n) is 4.32. The molecule has 1 N–H and O–H groups in total. The molecule has 0 amide bonds. The Labute approximate surface area is 177 Å². The lowest BCUT2D eigenvalue weighted by Gasteiger charge is -2.39. The summed E-state index contributed by atoms with van der Waals surface area (Å²) in [6, 6.07) is 9.58. The van der Waals surface area contributed by atoms with Crippen molar-refractivity contribution in [1.29, 1.82) is 0 Å². The summed E-state index contributed by atoms with van der Waals surface area (Å²) < 4.78 is 0. The van der Waals surface area contributed by atoms with Gasteiger partial charge in [-0.15, -0.1) is 0 Å². The maximum atomic E-state index is 3.59. The van der Waals surface area contributed by atoms with Crippen LogP contribution in [0.5, 0.6) is 0 Å². The average Bonchev–Trinajstić information content (AvgIpc) is 3.10. The van der Waals surface area contributed by atoms with Crippen molar-refractivity contribution in [3.05, 3.63) is 54.2 Å². The summed E-state index contributed by atoms with van der Waals surface area (Å²) in [4.78, 5) is 2.67. The van der Waals surface area contributed by atoms with Gasteiger partial charge in [0.1, 0.15) is 0 Å². The molecule has 1 saturated heterocycles. The number of rotatable bonds is 9. The highest BCUT2D eigenvalue weighted by Gasteiger charge is 2.37. The number of nitrogens with one attached hydrogen (secondary N) is 1. The molecule has 156 valence electrons. The minimum atomic E-state index is 0.354. The van der Waals surface area contributed by atoms with Gasteiger partial charge in [-0.05, 0) is 87.5 Å². The molecule has 1 aromatic rings. The smallest absolute Gasteiger partial charge is 0.0250 e. The molecule has 3 rings (SSSR count). The van der Waals surface area contributed by atoms with Crippen LogP contribution >= 0.6 is 11.8 Å². The Hall–Kier alpha value is -1.19. The normalized spacial score (nSPS) is 17.3. The third-order valence-electron chi connectivity index (χ3n) is 6.24. The number of likely N-dealkylation sites (tertiary alicyclic amines) is 1. The molecular formula is C25H40N2S. The molecule has 3 heteroatoms. The zero-order chi connectivity index (χ0) is 20.2. The van der Waals surface area contributed by atoms with Crippen molar-refractivity contribution in [1.82, 2.24) is 10.2 Å². The molecule has 1 heterocycles. The van der Waals surface area contributed by atoms with E-state index in [9.17, 15) is 0 Å². The average molecular weight is 401 g/mol. The fourth-order valence-corrected chi connectivity index (χ4v) is 4.81. The number of nitrogens with zero attached hydrogens (tertiary/aromatic N) is 1. The van der Waals surface area contributed by atoms with Gasteiger partial charge in [0.15, 0.2) is 0 Å². The van der Waals surface area contributed by atoms with Gasteiger partial charge in [-0.1, -0.05) is 56.8 Å². The lowest BCUT2D eigenvalue weighted by molar-refractivity contribution is 0.182. The predicted octanol–water partition coefficient (Wildman–Crippen LogP) is 6.10. The van der Waals surface area contributed by atoms with Crippen LogP contribution < -0.4 is 5.32 Å². The minimum Gasteiger partial charge on any atom is -0.389 e. The largest absolute Gasteiger partial charge is 0.389 e. The maximum absolute atomic E-state index is 3.59. The van der Waals surface area contributed by atoms with Crippen LogP contribution in [0.3, 0.4) is 0 Å². The number of hydrogen-bond acceptors (Lipinski definition) is 3. The third kappa shape index (κ3) is 6.42. The van der Waals surface area contributed by atoms with Crippen LogP contribution in [0.15, 0.2) is 43.1 Å². The molecule has 1 fully saturated rings. The quantitative estimate of drug-likeness (QED) is 0.504. The van der Waals surface area contributed by atoms with Gasteiger partial charge in [-0.3, -0.25) is 0 Å². The van der Waals surface area contributed by atoms with Crippen LogP contribution in [0.2, 0.25) is 0 Å². The summed E-state index contributed by atoms with van der Waals surface area (Å²) in [6.45, 7) is 11.7. The van der Waals surface area contributed by atoms with Crippen LogP contribution in [0.4, 0.5) is 0 Å². The number of thioether (sulfide) groups is 1. The summed E-state index contributed by atoms with van der Waals surface area (Å²) in [7, 11) is 0. The fraction of sp³-hybridized carbons (Fsp3) is 0.600. The number of benzene rings is 1. The highest BCUT2D eigenvalue weighted by molar-refractivity contribution is 7.98. The van der Waals surface area contributed by atoms with Gasteiger partial charge in [0.05, 0.1) is 0 Å². The lowest BCUT2D eigenvalue weighted by atomic mass is 9.74. The highest BCUT2D eigenvalue weighted by Crippen LogP contribution is 2.43. The minimum absolute atomic E-state index is 0.354. The van der Waals surface area contributed by atoms with Gasteiger partial charge < -0.3 is 10.2 Å². The molecule has 0 bridgehead atoms. The lowest BCUT2D eigenvalue weighted by Crippen LogP contribution is -2.41. The standard InChI is InChI=1S/C18H25NS.C7H15N/c1-20-15-5-4-12-19-13-10-18(11-14-19)9-8-16-6-2-3-7-17(16)18;1-4-7(5-2)8-6-3/h2-3,6-9H,4-5,10-15H2,1H3;6-8H,3-5H2,1-2H3. The van der Waals surface area contributed by atoms with E-state index in [2.05, 4.69) is 73.3 Å². The van der Waals surface area contributed by atoms with Crippen molar-refractivity contribution >= 4 is 17.8 Å². The van der Waals surface area contributed by atoms with E-state index < -0.39 is 0 Å². The molecule has 2 nitrogen and oxygen atoms in total. The number of allylic oxidation sites excluding steroid dienone is 1. The molecule has 1 aromatic carbocycles. The molecule has 1 aliphatic carbocycles. The van der Waals surface area contributed by atoms with E-state index in [0.717, 1.165) is 0 Å². The second-order valence-electron chi connectivity index (χ2n) is 8.00. The Bertz CT molecular complexity index is 598. The molecule has 1 spiro atoms. The first kappa shape index (κ1) is 23.1. The summed E-state index contributed by atoms with van der Waals surface area (Å²) in [6.07, 6.45) is 16.5.